The van der Waals surface area contributed by atoms with Gasteiger partial charge in [0.05, 0.1) is 17.6 Å². The number of sulfone groups is 1. The van der Waals surface area contributed by atoms with E-state index < -0.39 is 15.3 Å². The average molecular weight is 270 g/mol. The van der Waals surface area contributed by atoms with Crippen molar-refractivity contribution < 1.29 is 13.2 Å². The lowest BCUT2D eigenvalue weighted by Gasteiger charge is -2.45. The monoisotopic (exact) mass is 270 g/mol. The SMILES string of the molecule is CC1CC(C#N)(C(=O)N2CCS(=O)(=O)CC2C)C1. The normalized spacial score (nSPS) is 38.6. The van der Waals surface area contributed by atoms with Gasteiger partial charge in [-0.25, -0.2) is 8.42 Å². The molecule has 5 nitrogen and oxygen atoms in total. The van der Waals surface area contributed by atoms with Crippen LogP contribution in [-0.2, 0) is 14.6 Å². The molecule has 2 rings (SSSR count). The zero-order valence-corrected chi connectivity index (χ0v) is 11.5. The molecule has 1 aliphatic heterocycles. The Hall–Kier alpha value is -1.09. The van der Waals surface area contributed by atoms with E-state index in [0.29, 0.717) is 18.8 Å². The molecule has 0 aromatic rings. The zero-order valence-electron chi connectivity index (χ0n) is 10.7. The summed E-state index contributed by atoms with van der Waals surface area (Å²) in [5.74, 6) is 0.249. The first-order valence-electron chi connectivity index (χ1n) is 6.22. The highest BCUT2D eigenvalue weighted by Gasteiger charge is 2.52. The third-order valence-corrected chi connectivity index (χ3v) is 5.74. The lowest BCUT2D eigenvalue weighted by Crippen LogP contribution is -2.57. The van der Waals surface area contributed by atoms with Gasteiger partial charge in [0, 0.05) is 12.6 Å². The lowest BCUT2D eigenvalue weighted by atomic mass is 9.62. The molecule has 1 saturated carbocycles. The fourth-order valence-corrected chi connectivity index (χ4v) is 4.58. The van der Waals surface area contributed by atoms with Gasteiger partial charge in [-0.3, -0.25) is 4.79 Å². The Bertz CT molecular complexity index is 500. The largest absolute Gasteiger partial charge is 0.337 e. The predicted molar refractivity (Wildman–Crippen MR) is 66.3 cm³/mol. The van der Waals surface area contributed by atoms with Crippen LogP contribution in [0.5, 0.6) is 0 Å². The Morgan fingerprint density at radius 1 is 1.39 bits per heavy atom. The van der Waals surface area contributed by atoms with E-state index in [1.807, 2.05) is 6.92 Å². The molecule has 100 valence electrons. The van der Waals surface area contributed by atoms with E-state index in [1.165, 1.54) is 0 Å². The number of nitrogens with zero attached hydrogens (tertiary/aromatic N) is 2. The summed E-state index contributed by atoms with van der Waals surface area (Å²) in [5, 5.41) is 9.23. The van der Waals surface area contributed by atoms with Crippen molar-refractivity contribution in [2.45, 2.75) is 32.7 Å². The number of rotatable bonds is 1. The van der Waals surface area contributed by atoms with E-state index in [1.54, 1.807) is 11.8 Å². The Balaban J connectivity index is 2.14. The maximum absolute atomic E-state index is 12.4. The minimum atomic E-state index is -3.03. The van der Waals surface area contributed by atoms with Gasteiger partial charge >= 0.3 is 0 Å². The van der Waals surface area contributed by atoms with Gasteiger partial charge < -0.3 is 4.90 Å². The molecule has 2 aliphatic rings. The Labute approximate surface area is 108 Å². The van der Waals surface area contributed by atoms with Gasteiger partial charge in [0.25, 0.3) is 0 Å². The summed E-state index contributed by atoms with van der Waals surface area (Å²) in [5.41, 5.74) is -0.894. The Kier molecular flexibility index (Phi) is 3.14. The van der Waals surface area contributed by atoms with E-state index in [0.717, 1.165) is 0 Å². The molecule has 6 heteroatoms. The second kappa shape index (κ2) is 4.23. The quantitative estimate of drug-likeness (QED) is 0.698. The van der Waals surface area contributed by atoms with Crippen LogP contribution in [0.1, 0.15) is 26.7 Å². The van der Waals surface area contributed by atoms with Gasteiger partial charge in [0.1, 0.15) is 5.41 Å². The van der Waals surface area contributed by atoms with Crippen molar-refractivity contribution in [3.05, 3.63) is 0 Å². The van der Waals surface area contributed by atoms with Crippen LogP contribution in [0.15, 0.2) is 0 Å². The van der Waals surface area contributed by atoms with Crippen LogP contribution in [0.25, 0.3) is 0 Å². The molecule has 0 spiro atoms. The average Bonchev–Trinajstić information content (AvgIpc) is 2.22. The molecule has 0 aromatic carbocycles. The van der Waals surface area contributed by atoms with E-state index in [-0.39, 0.29) is 30.0 Å². The molecule has 18 heavy (non-hydrogen) atoms. The third-order valence-electron chi connectivity index (χ3n) is 3.95. The predicted octanol–water partition coefficient (Wildman–Crippen LogP) is 0.572. The number of hydrogen-bond acceptors (Lipinski definition) is 4. The van der Waals surface area contributed by atoms with Crippen LogP contribution in [0.3, 0.4) is 0 Å². The van der Waals surface area contributed by atoms with Crippen LogP contribution in [0.2, 0.25) is 0 Å². The van der Waals surface area contributed by atoms with E-state index >= 15 is 0 Å². The van der Waals surface area contributed by atoms with Crippen molar-refractivity contribution in [2.75, 3.05) is 18.1 Å². The number of hydrogen-bond donors (Lipinski definition) is 0. The number of carbonyl (C=O) groups excluding carboxylic acids is 1. The molecular formula is C12H18N2O3S. The molecule has 1 heterocycles. The maximum Gasteiger partial charge on any atom is 0.243 e. The first-order valence-corrected chi connectivity index (χ1v) is 8.04. The third kappa shape index (κ3) is 2.12. The minimum absolute atomic E-state index is 0.00972. The summed E-state index contributed by atoms with van der Waals surface area (Å²) in [6, 6.07) is 1.82. The fourth-order valence-electron chi connectivity index (χ4n) is 3.02. The fraction of sp³-hybridized carbons (Fsp3) is 0.833. The molecule has 1 aliphatic carbocycles. The Morgan fingerprint density at radius 3 is 2.44 bits per heavy atom. The van der Waals surface area contributed by atoms with Crippen LogP contribution in [0.4, 0.5) is 0 Å². The van der Waals surface area contributed by atoms with E-state index in [2.05, 4.69) is 6.07 Å². The van der Waals surface area contributed by atoms with Gasteiger partial charge in [-0.15, -0.1) is 0 Å². The number of amides is 1. The molecule has 0 bridgehead atoms. The molecule has 1 atom stereocenters. The molecule has 1 saturated heterocycles. The molecule has 1 amide bonds. The van der Waals surface area contributed by atoms with Crippen molar-refractivity contribution >= 4 is 15.7 Å². The highest BCUT2D eigenvalue weighted by atomic mass is 32.2. The summed E-state index contributed by atoms with van der Waals surface area (Å²) in [7, 11) is -3.03. The molecule has 2 fully saturated rings. The first-order chi connectivity index (χ1) is 8.30. The standard InChI is InChI=1S/C12H18N2O3S/c1-9-5-12(6-9,8-13)11(15)14-3-4-18(16,17)7-10(14)2/h9-10H,3-7H2,1-2H3. The lowest BCUT2D eigenvalue weighted by molar-refractivity contribution is -0.146. The second-order valence-corrected chi connectivity index (χ2v) is 7.90. The summed E-state index contributed by atoms with van der Waals surface area (Å²) < 4.78 is 23.0. The minimum Gasteiger partial charge on any atom is -0.337 e. The molecule has 0 aromatic heterocycles. The van der Waals surface area contributed by atoms with Crippen molar-refractivity contribution in [1.29, 1.82) is 5.26 Å². The van der Waals surface area contributed by atoms with Gasteiger partial charge in [-0.2, -0.15) is 5.26 Å². The summed E-state index contributed by atoms with van der Waals surface area (Å²) in [6.07, 6.45) is 1.19. The van der Waals surface area contributed by atoms with Crippen molar-refractivity contribution in [2.24, 2.45) is 11.3 Å². The van der Waals surface area contributed by atoms with Crippen molar-refractivity contribution in [1.82, 2.24) is 4.90 Å². The van der Waals surface area contributed by atoms with Crippen LogP contribution >= 0.6 is 0 Å². The number of carbonyl (C=O) groups is 1. The topological polar surface area (TPSA) is 78.2 Å². The van der Waals surface area contributed by atoms with Crippen LogP contribution < -0.4 is 0 Å². The highest BCUT2D eigenvalue weighted by Crippen LogP contribution is 2.46. The molecule has 1 unspecified atom stereocenters. The summed E-state index contributed by atoms with van der Waals surface area (Å²) >= 11 is 0. The van der Waals surface area contributed by atoms with E-state index in [4.69, 9.17) is 0 Å². The molecular weight excluding hydrogens is 252 g/mol. The van der Waals surface area contributed by atoms with Crippen LogP contribution in [-0.4, -0.2) is 43.3 Å². The van der Waals surface area contributed by atoms with Gasteiger partial charge in [0.2, 0.25) is 5.91 Å². The zero-order chi connectivity index (χ0) is 13.6. The van der Waals surface area contributed by atoms with Gasteiger partial charge in [-0.05, 0) is 25.7 Å². The van der Waals surface area contributed by atoms with Gasteiger partial charge in [-0.1, -0.05) is 6.92 Å². The van der Waals surface area contributed by atoms with Gasteiger partial charge in [0.15, 0.2) is 9.84 Å². The summed E-state index contributed by atoms with van der Waals surface area (Å²) in [6.45, 7) is 3.98. The van der Waals surface area contributed by atoms with E-state index in [9.17, 15) is 18.5 Å². The van der Waals surface area contributed by atoms with Crippen molar-refractivity contribution in [3.8, 4) is 6.07 Å². The molecule has 0 radical (unpaired) electrons. The Morgan fingerprint density at radius 2 is 2.00 bits per heavy atom. The first kappa shape index (κ1) is 13.3. The van der Waals surface area contributed by atoms with Crippen molar-refractivity contribution in [3.63, 3.8) is 0 Å². The highest BCUT2D eigenvalue weighted by molar-refractivity contribution is 7.91. The number of nitriles is 1. The second-order valence-electron chi connectivity index (χ2n) is 5.67. The molecule has 0 N–H and O–H groups in total. The van der Waals surface area contributed by atoms with Crippen LogP contribution in [0, 0.1) is 22.7 Å². The maximum atomic E-state index is 12.4. The summed E-state index contributed by atoms with van der Waals surface area (Å²) in [4.78, 5) is 14.0. The smallest absolute Gasteiger partial charge is 0.243 e.